The van der Waals surface area contributed by atoms with Crippen molar-refractivity contribution in [3.05, 3.63) is 35.9 Å². The van der Waals surface area contributed by atoms with E-state index in [-0.39, 0.29) is 5.78 Å². The summed E-state index contributed by atoms with van der Waals surface area (Å²) in [6, 6.07) is 9.23. The minimum absolute atomic E-state index is 0.121. The Bertz CT molecular complexity index is 385. The van der Waals surface area contributed by atoms with Crippen molar-refractivity contribution in [2.75, 3.05) is 6.61 Å². The van der Waals surface area contributed by atoms with E-state index in [2.05, 4.69) is 18.6 Å². The number of benzene rings is 1. The summed E-state index contributed by atoms with van der Waals surface area (Å²) in [4.78, 5) is 20.5. The van der Waals surface area contributed by atoms with Crippen LogP contribution in [0.1, 0.15) is 50.4 Å². The molecule has 112 valence electrons. The quantitative estimate of drug-likeness (QED) is 0.476. The number of carbonyl (C=O) groups excluding carboxylic acids is 1. The highest BCUT2D eigenvalue weighted by Gasteiger charge is 1.97. The van der Waals surface area contributed by atoms with Gasteiger partial charge < -0.3 is 9.84 Å². The monoisotopic (exact) mass is 280 g/mol. The molecule has 1 rings (SSSR count). The molecular weight excluding hydrogens is 256 g/mol. The van der Waals surface area contributed by atoms with E-state index in [1.54, 1.807) is 6.92 Å². The van der Waals surface area contributed by atoms with Crippen LogP contribution < -0.4 is 0 Å². The number of carbonyl (C=O) groups is 2. The SMILES string of the molecule is CC(=O)c1ccccc1.CC(C)CCCCOC(=O)O. The fraction of sp³-hybridized carbons (Fsp3) is 0.500. The maximum atomic E-state index is 10.6. The molecule has 4 heteroatoms. The van der Waals surface area contributed by atoms with E-state index >= 15 is 0 Å². The number of hydrogen-bond donors (Lipinski definition) is 1. The smallest absolute Gasteiger partial charge is 0.450 e. The molecule has 1 aromatic rings. The van der Waals surface area contributed by atoms with Gasteiger partial charge in [-0.2, -0.15) is 0 Å². The molecule has 0 aliphatic heterocycles. The zero-order valence-electron chi connectivity index (χ0n) is 12.5. The van der Waals surface area contributed by atoms with Crippen LogP contribution in [-0.2, 0) is 4.74 Å². The predicted molar refractivity (Wildman–Crippen MR) is 79.1 cm³/mol. The number of carboxylic acid groups (broad SMARTS) is 1. The number of ketones is 1. The van der Waals surface area contributed by atoms with Gasteiger partial charge in [0.25, 0.3) is 0 Å². The van der Waals surface area contributed by atoms with Gasteiger partial charge in [-0.25, -0.2) is 4.79 Å². The maximum absolute atomic E-state index is 10.6. The molecule has 0 spiro atoms. The average molecular weight is 280 g/mol. The van der Waals surface area contributed by atoms with Gasteiger partial charge in [-0.1, -0.05) is 50.6 Å². The first kappa shape index (κ1) is 18.2. The molecule has 0 aliphatic carbocycles. The summed E-state index contributed by atoms with van der Waals surface area (Å²) in [5.74, 6) is 0.815. The molecule has 0 radical (unpaired) electrons. The van der Waals surface area contributed by atoms with Gasteiger partial charge in [0, 0.05) is 5.56 Å². The molecular formula is C16H24O4. The van der Waals surface area contributed by atoms with Gasteiger partial charge >= 0.3 is 6.16 Å². The second-order valence-electron chi connectivity index (χ2n) is 4.93. The normalized spacial score (nSPS) is 9.60. The van der Waals surface area contributed by atoms with E-state index in [1.807, 2.05) is 30.3 Å². The first-order valence-electron chi connectivity index (χ1n) is 6.85. The molecule has 1 aromatic carbocycles. The van der Waals surface area contributed by atoms with Crippen LogP contribution in [0, 0.1) is 5.92 Å². The van der Waals surface area contributed by atoms with Crippen molar-refractivity contribution in [1.82, 2.24) is 0 Å². The van der Waals surface area contributed by atoms with Crippen molar-refractivity contribution < 1.29 is 19.4 Å². The summed E-state index contributed by atoms with van der Waals surface area (Å²) in [6.07, 6.45) is 1.85. The second kappa shape index (κ2) is 11.0. The van der Waals surface area contributed by atoms with Crippen LogP contribution in [0.5, 0.6) is 0 Å². The molecule has 0 heterocycles. The van der Waals surface area contributed by atoms with E-state index in [9.17, 15) is 9.59 Å². The minimum atomic E-state index is -1.17. The van der Waals surface area contributed by atoms with E-state index in [0.717, 1.165) is 24.8 Å². The van der Waals surface area contributed by atoms with E-state index in [0.29, 0.717) is 12.5 Å². The van der Waals surface area contributed by atoms with Gasteiger partial charge in [-0.05, 0) is 25.7 Å². The Morgan fingerprint density at radius 3 is 2.15 bits per heavy atom. The Morgan fingerprint density at radius 2 is 1.75 bits per heavy atom. The third-order valence-corrected chi connectivity index (χ3v) is 2.58. The highest BCUT2D eigenvalue weighted by Crippen LogP contribution is 2.05. The van der Waals surface area contributed by atoms with Gasteiger partial charge in [-0.3, -0.25) is 4.79 Å². The number of hydrogen-bond acceptors (Lipinski definition) is 3. The number of unbranched alkanes of at least 4 members (excludes halogenated alkanes) is 1. The van der Waals surface area contributed by atoms with E-state index in [4.69, 9.17) is 5.11 Å². The fourth-order valence-corrected chi connectivity index (χ4v) is 1.49. The summed E-state index contributed by atoms with van der Waals surface area (Å²) in [7, 11) is 0. The predicted octanol–water partition coefficient (Wildman–Crippen LogP) is 4.40. The molecule has 0 saturated carbocycles. The van der Waals surface area contributed by atoms with Crippen molar-refractivity contribution in [2.24, 2.45) is 5.92 Å². The Hall–Kier alpha value is -1.84. The van der Waals surface area contributed by atoms with Crippen molar-refractivity contribution in [2.45, 2.75) is 40.0 Å². The average Bonchev–Trinajstić information content (AvgIpc) is 2.39. The molecule has 0 amide bonds. The summed E-state index contributed by atoms with van der Waals surface area (Å²) < 4.78 is 4.34. The molecule has 0 atom stereocenters. The molecule has 0 bridgehead atoms. The van der Waals surface area contributed by atoms with Crippen molar-refractivity contribution in [1.29, 1.82) is 0 Å². The molecule has 0 saturated heterocycles. The van der Waals surface area contributed by atoms with Crippen LogP contribution in [0.25, 0.3) is 0 Å². The lowest BCUT2D eigenvalue weighted by atomic mass is 10.1. The molecule has 20 heavy (non-hydrogen) atoms. The standard InChI is InChI=1S/C8H16O3.C8H8O/c1-7(2)5-3-4-6-11-8(9)10;1-7(9)8-5-3-2-4-6-8/h7H,3-6H2,1-2H3,(H,9,10);2-6H,1H3. The number of ether oxygens (including phenoxy) is 1. The Balaban J connectivity index is 0.000000367. The van der Waals surface area contributed by atoms with Crippen LogP contribution in [0.4, 0.5) is 4.79 Å². The minimum Gasteiger partial charge on any atom is -0.450 e. The van der Waals surface area contributed by atoms with Crippen LogP contribution in [-0.4, -0.2) is 23.7 Å². The van der Waals surface area contributed by atoms with Gasteiger partial charge in [0.2, 0.25) is 0 Å². The highest BCUT2D eigenvalue weighted by molar-refractivity contribution is 5.93. The molecule has 0 aromatic heterocycles. The maximum Gasteiger partial charge on any atom is 0.505 e. The Morgan fingerprint density at radius 1 is 1.15 bits per heavy atom. The topological polar surface area (TPSA) is 63.6 Å². The van der Waals surface area contributed by atoms with Crippen LogP contribution in [0.3, 0.4) is 0 Å². The van der Waals surface area contributed by atoms with Crippen LogP contribution >= 0.6 is 0 Å². The Labute approximate surface area is 120 Å². The third-order valence-electron chi connectivity index (χ3n) is 2.58. The van der Waals surface area contributed by atoms with E-state index in [1.165, 1.54) is 0 Å². The van der Waals surface area contributed by atoms with Crippen molar-refractivity contribution >= 4 is 11.9 Å². The zero-order valence-corrected chi connectivity index (χ0v) is 12.5. The van der Waals surface area contributed by atoms with Crippen LogP contribution in [0.15, 0.2) is 30.3 Å². The van der Waals surface area contributed by atoms with Crippen molar-refractivity contribution in [3.8, 4) is 0 Å². The first-order chi connectivity index (χ1) is 9.43. The van der Waals surface area contributed by atoms with Gasteiger partial charge in [0.05, 0.1) is 6.61 Å². The first-order valence-corrected chi connectivity index (χ1v) is 6.85. The summed E-state index contributed by atoms with van der Waals surface area (Å²) in [5.41, 5.74) is 0.775. The third kappa shape index (κ3) is 11.3. The summed E-state index contributed by atoms with van der Waals surface area (Å²) in [5, 5.41) is 8.10. The molecule has 0 aliphatic rings. The lowest BCUT2D eigenvalue weighted by Gasteiger charge is -2.03. The molecule has 4 nitrogen and oxygen atoms in total. The second-order valence-corrected chi connectivity index (χ2v) is 4.93. The Kier molecular flexibility index (Phi) is 10.0. The van der Waals surface area contributed by atoms with Crippen LogP contribution in [0.2, 0.25) is 0 Å². The fourth-order valence-electron chi connectivity index (χ4n) is 1.49. The van der Waals surface area contributed by atoms with Gasteiger partial charge in [-0.15, -0.1) is 0 Å². The molecule has 0 unspecified atom stereocenters. The van der Waals surface area contributed by atoms with E-state index < -0.39 is 6.16 Å². The van der Waals surface area contributed by atoms with Gasteiger partial charge in [0.15, 0.2) is 5.78 Å². The largest absolute Gasteiger partial charge is 0.505 e. The summed E-state index contributed by atoms with van der Waals surface area (Å²) >= 11 is 0. The summed E-state index contributed by atoms with van der Waals surface area (Å²) in [6.45, 7) is 6.20. The number of rotatable bonds is 6. The lowest BCUT2D eigenvalue weighted by Crippen LogP contribution is -2.01. The number of Topliss-reactive ketones (excluding diaryl/α,β-unsaturated/α-hetero) is 1. The van der Waals surface area contributed by atoms with Crippen molar-refractivity contribution in [3.63, 3.8) is 0 Å². The van der Waals surface area contributed by atoms with Gasteiger partial charge in [0.1, 0.15) is 0 Å². The molecule has 0 fully saturated rings. The lowest BCUT2D eigenvalue weighted by molar-refractivity contribution is 0.0897. The zero-order chi connectivity index (χ0) is 15.4. The molecule has 1 N–H and O–H groups in total. The highest BCUT2D eigenvalue weighted by atomic mass is 16.7.